The van der Waals surface area contributed by atoms with Gasteiger partial charge in [0.05, 0.1) is 15.4 Å². The molecule has 0 radical (unpaired) electrons. The van der Waals surface area contributed by atoms with Crippen molar-refractivity contribution in [1.82, 2.24) is 0 Å². The van der Waals surface area contributed by atoms with Gasteiger partial charge in [-0.1, -0.05) is 6.07 Å². The quantitative estimate of drug-likeness (QED) is 0.674. The second-order valence-electron chi connectivity index (χ2n) is 3.73. The molecule has 0 aromatic heterocycles. The van der Waals surface area contributed by atoms with Crippen molar-refractivity contribution >= 4 is 11.4 Å². The number of nitro benzene ring substituents is 2. The van der Waals surface area contributed by atoms with Crippen LogP contribution in [0.25, 0.3) is 11.1 Å². The minimum absolute atomic E-state index is 0.105. The van der Waals surface area contributed by atoms with E-state index < -0.39 is 21.3 Å². The highest BCUT2D eigenvalue weighted by Crippen LogP contribution is 2.37. The highest BCUT2D eigenvalue weighted by Gasteiger charge is 2.20. The molecule has 19 heavy (non-hydrogen) atoms. The van der Waals surface area contributed by atoms with Crippen LogP contribution in [0.5, 0.6) is 5.75 Å². The number of non-ortho nitro benzene ring substituents is 1. The second kappa shape index (κ2) is 4.73. The predicted molar refractivity (Wildman–Crippen MR) is 66.9 cm³/mol. The minimum Gasteiger partial charge on any atom is -0.502 e. The average molecular weight is 260 g/mol. The van der Waals surface area contributed by atoms with Gasteiger partial charge in [-0.2, -0.15) is 0 Å². The second-order valence-corrected chi connectivity index (χ2v) is 3.73. The van der Waals surface area contributed by atoms with Crippen molar-refractivity contribution in [1.29, 1.82) is 0 Å². The first-order valence-electron chi connectivity index (χ1n) is 5.22. The summed E-state index contributed by atoms with van der Waals surface area (Å²) >= 11 is 0. The Bertz CT molecular complexity index is 652. The largest absolute Gasteiger partial charge is 0.502 e. The van der Waals surface area contributed by atoms with E-state index in [1.165, 1.54) is 42.5 Å². The molecule has 2 aromatic rings. The molecule has 2 rings (SSSR count). The number of hydrogen-bond donors (Lipinski definition) is 1. The van der Waals surface area contributed by atoms with Gasteiger partial charge in [0, 0.05) is 12.1 Å². The highest BCUT2D eigenvalue weighted by molar-refractivity contribution is 5.77. The summed E-state index contributed by atoms with van der Waals surface area (Å²) in [5, 5.41) is 31.0. The SMILES string of the molecule is O=[N+]([O-])c1ccc(-c2cccc(O)c2[N+](=O)[O-])cc1. The lowest BCUT2D eigenvalue weighted by Crippen LogP contribution is -1.93. The van der Waals surface area contributed by atoms with E-state index in [0.717, 1.165) is 0 Å². The molecule has 0 unspecified atom stereocenters. The molecule has 0 amide bonds. The summed E-state index contributed by atoms with van der Waals surface area (Å²) in [5.74, 6) is -0.444. The highest BCUT2D eigenvalue weighted by atomic mass is 16.6. The molecule has 0 heterocycles. The molecule has 0 bridgehead atoms. The third-order valence-electron chi connectivity index (χ3n) is 2.59. The summed E-state index contributed by atoms with van der Waals surface area (Å²) in [6.45, 7) is 0. The van der Waals surface area contributed by atoms with E-state index in [0.29, 0.717) is 5.56 Å². The van der Waals surface area contributed by atoms with Crippen LogP contribution in [0.4, 0.5) is 11.4 Å². The topological polar surface area (TPSA) is 107 Å². The molecule has 7 heteroatoms. The van der Waals surface area contributed by atoms with Crippen molar-refractivity contribution in [3.8, 4) is 16.9 Å². The summed E-state index contributed by atoms with van der Waals surface area (Å²) < 4.78 is 0. The molecular formula is C12H8N2O5. The maximum Gasteiger partial charge on any atom is 0.318 e. The summed E-state index contributed by atoms with van der Waals surface area (Å²) in [5.41, 5.74) is 0.107. The number of nitrogens with zero attached hydrogens (tertiary/aromatic N) is 2. The van der Waals surface area contributed by atoms with Crippen molar-refractivity contribution in [3.05, 3.63) is 62.7 Å². The van der Waals surface area contributed by atoms with Crippen LogP contribution in [0, 0.1) is 20.2 Å². The summed E-state index contributed by atoms with van der Waals surface area (Å²) in [6, 6.07) is 9.47. The number of rotatable bonds is 3. The van der Waals surface area contributed by atoms with Crippen molar-refractivity contribution in [2.24, 2.45) is 0 Å². The molecule has 0 saturated heterocycles. The van der Waals surface area contributed by atoms with E-state index >= 15 is 0 Å². The molecule has 0 spiro atoms. The van der Waals surface area contributed by atoms with E-state index in [2.05, 4.69) is 0 Å². The maximum absolute atomic E-state index is 10.9. The number of hydrogen-bond acceptors (Lipinski definition) is 5. The van der Waals surface area contributed by atoms with Gasteiger partial charge in [-0.25, -0.2) is 0 Å². The molecule has 7 nitrogen and oxygen atoms in total. The first-order valence-corrected chi connectivity index (χ1v) is 5.22. The van der Waals surface area contributed by atoms with E-state index in [1.807, 2.05) is 0 Å². The van der Waals surface area contributed by atoms with Crippen molar-refractivity contribution in [2.75, 3.05) is 0 Å². The molecule has 0 atom stereocenters. The maximum atomic E-state index is 10.9. The summed E-state index contributed by atoms with van der Waals surface area (Å²) in [6.07, 6.45) is 0. The van der Waals surface area contributed by atoms with Crippen LogP contribution < -0.4 is 0 Å². The third-order valence-corrected chi connectivity index (χ3v) is 2.59. The van der Waals surface area contributed by atoms with Gasteiger partial charge in [0.1, 0.15) is 0 Å². The van der Waals surface area contributed by atoms with Gasteiger partial charge in [0.25, 0.3) is 5.69 Å². The molecule has 0 saturated carbocycles. The Morgan fingerprint density at radius 3 is 2.05 bits per heavy atom. The predicted octanol–water partition coefficient (Wildman–Crippen LogP) is 2.88. The number of phenols is 1. The first-order chi connectivity index (χ1) is 9.00. The van der Waals surface area contributed by atoms with Crippen molar-refractivity contribution < 1.29 is 15.0 Å². The smallest absolute Gasteiger partial charge is 0.318 e. The van der Waals surface area contributed by atoms with Gasteiger partial charge in [-0.05, 0) is 29.8 Å². The van der Waals surface area contributed by atoms with Gasteiger partial charge in [-0.3, -0.25) is 20.2 Å². The number of nitro groups is 2. The summed E-state index contributed by atoms with van der Waals surface area (Å²) in [7, 11) is 0. The van der Waals surface area contributed by atoms with E-state index in [4.69, 9.17) is 0 Å². The van der Waals surface area contributed by atoms with Gasteiger partial charge in [0.15, 0.2) is 5.75 Å². The van der Waals surface area contributed by atoms with E-state index in [-0.39, 0.29) is 11.3 Å². The molecule has 0 fully saturated rings. The third kappa shape index (κ3) is 2.34. The van der Waals surface area contributed by atoms with Crippen LogP contribution in [0.1, 0.15) is 0 Å². The minimum atomic E-state index is -0.688. The van der Waals surface area contributed by atoms with Gasteiger partial charge < -0.3 is 5.11 Å². The zero-order chi connectivity index (χ0) is 14.0. The van der Waals surface area contributed by atoms with Crippen molar-refractivity contribution in [3.63, 3.8) is 0 Å². The molecule has 1 N–H and O–H groups in total. The lowest BCUT2D eigenvalue weighted by atomic mass is 10.0. The number of aromatic hydroxyl groups is 1. The molecular weight excluding hydrogens is 252 g/mol. The molecule has 0 aliphatic carbocycles. The standard InChI is InChI=1S/C12H8N2O5/c15-11-3-1-2-10(12(11)14(18)19)8-4-6-9(7-5-8)13(16)17/h1-7,15H. The van der Waals surface area contributed by atoms with Crippen LogP contribution >= 0.6 is 0 Å². The Balaban J connectivity index is 2.56. The average Bonchev–Trinajstić information content (AvgIpc) is 2.38. The van der Waals surface area contributed by atoms with Gasteiger partial charge in [0.2, 0.25) is 0 Å². The Morgan fingerprint density at radius 1 is 0.895 bits per heavy atom. The van der Waals surface area contributed by atoms with Gasteiger partial charge in [-0.15, -0.1) is 0 Å². The Labute approximate surface area is 107 Å². The van der Waals surface area contributed by atoms with Crippen molar-refractivity contribution in [2.45, 2.75) is 0 Å². The normalized spacial score (nSPS) is 10.1. The van der Waals surface area contributed by atoms with Crippen LogP contribution in [-0.2, 0) is 0 Å². The summed E-state index contributed by atoms with van der Waals surface area (Å²) in [4.78, 5) is 20.2. The number of benzene rings is 2. The zero-order valence-electron chi connectivity index (χ0n) is 9.52. The lowest BCUT2D eigenvalue weighted by Gasteiger charge is -2.04. The molecule has 0 aliphatic rings. The monoisotopic (exact) mass is 260 g/mol. The van der Waals surface area contributed by atoms with Gasteiger partial charge >= 0.3 is 5.69 Å². The lowest BCUT2D eigenvalue weighted by molar-refractivity contribution is -0.385. The van der Waals surface area contributed by atoms with E-state index in [1.54, 1.807) is 0 Å². The zero-order valence-corrected chi connectivity index (χ0v) is 9.52. The molecule has 96 valence electrons. The number of phenolic OH excluding ortho intramolecular Hbond substituents is 1. The fraction of sp³-hybridized carbons (Fsp3) is 0. The fourth-order valence-electron chi connectivity index (χ4n) is 1.72. The van der Waals surface area contributed by atoms with E-state index in [9.17, 15) is 25.3 Å². The molecule has 2 aromatic carbocycles. The Hall–Kier alpha value is -2.96. The van der Waals surface area contributed by atoms with Crippen LogP contribution in [0.2, 0.25) is 0 Å². The Morgan fingerprint density at radius 2 is 1.53 bits per heavy atom. The number of para-hydroxylation sites is 1. The molecule has 0 aliphatic heterocycles. The van der Waals surface area contributed by atoms with Crippen LogP contribution in [-0.4, -0.2) is 15.0 Å². The van der Waals surface area contributed by atoms with Crippen LogP contribution in [0.15, 0.2) is 42.5 Å². The fourth-order valence-corrected chi connectivity index (χ4v) is 1.72. The van der Waals surface area contributed by atoms with Crippen LogP contribution in [0.3, 0.4) is 0 Å². The first kappa shape index (κ1) is 12.5. The Kier molecular flexibility index (Phi) is 3.11.